The van der Waals surface area contributed by atoms with Crippen LogP contribution in [0.5, 0.6) is 0 Å². The van der Waals surface area contributed by atoms with Crippen molar-refractivity contribution in [2.45, 2.75) is 11.8 Å². The molecule has 0 atom stereocenters. The monoisotopic (exact) mass is 296 g/mol. The first-order valence-corrected chi connectivity index (χ1v) is 7.36. The van der Waals surface area contributed by atoms with Gasteiger partial charge in [-0.3, -0.25) is 9.10 Å². The third-order valence-corrected chi connectivity index (χ3v) is 4.68. The number of rotatable bonds is 4. The first-order valence-electron chi connectivity index (χ1n) is 5.92. The van der Waals surface area contributed by atoms with Gasteiger partial charge in [0.05, 0.1) is 5.69 Å². The van der Waals surface area contributed by atoms with Crippen molar-refractivity contribution in [2.75, 3.05) is 10.8 Å². The van der Waals surface area contributed by atoms with E-state index in [2.05, 4.69) is 4.98 Å². The minimum atomic E-state index is -3.98. The molecule has 20 heavy (non-hydrogen) atoms. The van der Waals surface area contributed by atoms with E-state index in [0.717, 1.165) is 16.6 Å². The van der Waals surface area contributed by atoms with E-state index < -0.39 is 21.3 Å². The standard InChI is InChI=1S/C13H13FN2O3S/c1-2-16(11-5-3-10(14)4-6-11)20(18,19)13-9-15-8-7-12(13)17/h3-9H,2H2,1H3,(H,15,17). The second-order valence-electron chi connectivity index (χ2n) is 4.02. The summed E-state index contributed by atoms with van der Waals surface area (Å²) in [7, 11) is -3.98. The minimum absolute atomic E-state index is 0.127. The first-order chi connectivity index (χ1) is 9.46. The number of hydrogen-bond acceptors (Lipinski definition) is 3. The zero-order chi connectivity index (χ0) is 14.8. The maximum absolute atomic E-state index is 12.9. The van der Waals surface area contributed by atoms with E-state index >= 15 is 0 Å². The lowest BCUT2D eigenvalue weighted by atomic mass is 10.3. The van der Waals surface area contributed by atoms with E-state index in [1.807, 2.05) is 0 Å². The van der Waals surface area contributed by atoms with Crippen LogP contribution in [0.4, 0.5) is 10.1 Å². The fourth-order valence-electron chi connectivity index (χ4n) is 1.82. The summed E-state index contributed by atoms with van der Waals surface area (Å²) in [6, 6.07) is 6.19. The van der Waals surface area contributed by atoms with E-state index in [1.165, 1.54) is 30.5 Å². The Morgan fingerprint density at radius 2 is 1.85 bits per heavy atom. The number of benzene rings is 1. The molecule has 0 aliphatic carbocycles. The van der Waals surface area contributed by atoms with Gasteiger partial charge in [0, 0.05) is 25.0 Å². The van der Waals surface area contributed by atoms with Crippen LogP contribution in [0.15, 0.2) is 52.4 Å². The number of aromatic nitrogens is 1. The van der Waals surface area contributed by atoms with Crippen LogP contribution in [0.25, 0.3) is 0 Å². The Balaban J connectivity index is 2.54. The lowest BCUT2D eigenvalue weighted by Gasteiger charge is -2.22. The summed E-state index contributed by atoms with van der Waals surface area (Å²) in [6.07, 6.45) is 2.50. The van der Waals surface area contributed by atoms with E-state index in [1.54, 1.807) is 6.92 Å². The van der Waals surface area contributed by atoms with Gasteiger partial charge in [0.1, 0.15) is 5.82 Å². The summed E-state index contributed by atoms with van der Waals surface area (Å²) in [5.41, 5.74) is -0.290. The Kier molecular flexibility index (Phi) is 3.89. The van der Waals surface area contributed by atoms with Crippen LogP contribution in [0, 0.1) is 5.82 Å². The SMILES string of the molecule is CCN(c1ccc(F)cc1)S(=O)(=O)c1c[nH]ccc1=O. The number of H-pyrrole nitrogens is 1. The van der Waals surface area contributed by atoms with Crippen LogP contribution >= 0.6 is 0 Å². The molecule has 0 radical (unpaired) electrons. The maximum Gasteiger partial charge on any atom is 0.269 e. The number of pyridine rings is 1. The molecule has 0 fully saturated rings. The van der Waals surface area contributed by atoms with Crippen LogP contribution in [0.1, 0.15) is 6.92 Å². The van der Waals surface area contributed by atoms with Crippen LogP contribution < -0.4 is 9.73 Å². The number of nitrogens with zero attached hydrogens (tertiary/aromatic N) is 1. The van der Waals surface area contributed by atoms with Crippen molar-refractivity contribution in [3.63, 3.8) is 0 Å². The third kappa shape index (κ3) is 2.57. The number of halogens is 1. The highest BCUT2D eigenvalue weighted by molar-refractivity contribution is 7.92. The number of hydrogen-bond donors (Lipinski definition) is 1. The van der Waals surface area contributed by atoms with Gasteiger partial charge < -0.3 is 4.98 Å². The predicted octanol–water partition coefficient (Wildman–Crippen LogP) is 1.73. The molecule has 5 nitrogen and oxygen atoms in total. The predicted molar refractivity (Wildman–Crippen MR) is 73.7 cm³/mol. The van der Waals surface area contributed by atoms with Crippen molar-refractivity contribution in [1.82, 2.24) is 4.98 Å². The number of aromatic amines is 1. The molecule has 106 valence electrons. The van der Waals surface area contributed by atoms with Gasteiger partial charge in [-0.1, -0.05) is 0 Å². The van der Waals surface area contributed by atoms with E-state index in [4.69, 9.17) is 0 Å². The molecule has 0 bridgehead atoms. The lowest BCUT2D eigenvalue weighted by Crippen LogP contribution is -2.33. The van der Waals surface area contributed by atoms with Gasteiger partial charge in [-0.2, -0.15) is 0 Å². The Morgan fingerprint density at radius 3 is 2.40 bits per heavy atom. The molecule has 0 saturated heterocycles. The van der Waals surface area contributed by atoms with E-state index in [-0.39, 0.29) is 11.4 Å². The van der Waals surface area contributed by atoms with E-state index in [9.17, 15) is 17.6 Å². The molecule has 7 heteroatoms. The lowest BCUT2D eigenvalue weighted by molar-refractivity contribution is 0.590. The summed E-state index contributed by atoms with van der Waals surface area (Å²) in [5.74, 6) is -0.459. The van der Waals surface area contributed by atoms with Gasteiger partial charge in [-0.05, 0) is 31.2 Å². The summed E-state index contributed by atoms with van der Waals surface area (Å²) in [5, 5.41) is 0. The van der Waals surface area contributed by atoms with Crippen molar-refractivity contribution in [3.05, 3.63) is 58.8 Å². The minimum Gasteiger partial charge on any atom is -0.366 e. The zero-order valence-electron chi connectivity index (χ0n) is 10.7. The molecule has 1 aromatic carbocycles. The van der Waals surface area contributed by atoms with Crippen LogP contribution in [0.3, 0.4) is 0 Å². The Bertz CT molecular complexity index is 754. The summed E-state index contributed by atoms with van der Waals surface area (Å²) >= 11 is 0. The van der Waals surface area contributed by atoms with Crippen molar-refractivity contribution in [2.24, 2.45) is 0 Å². The molecule has 1 heterocycles. The van der Waals surface area contributed by atoms with Crippen molar-refractivity contribution < 1.29 is 12.8 Å². The third-order valence-electron chi connectivity index (χ3n) is 2.76. The molecule has 0 spiro atoms. The fraction of sp³-hybridized carbons (Fsp3) is 0.154. The van der Waals surface area contributed by atoms with Gasteiger partial charge >= 0.3 is 0 Å². The Labute approximate surface area is 115 Å². The van der Waals surface area contributed by atoms with Crippen LogP contribution in [-0.2, 0) is 10.0 Å². The molecule has 1 N–H and O–H groups in total. The number of nitrogens with one attached hydrogen (secondary N) is 1. The molecule has 0 aliphatic rings. The molecule has 2 aromatic rings. The van der Waals surface area contributed by atoms with Gasteiger partial charge in [0.2, 0.25) is 5.43 Å². The average Bonchev–Trinajstić information content (AvgIpc) is 2.42. The topological polar surface area (TPSA) is 70.2 Å². The van der Waals surface area contributed by atoms with Crippen LogP contribution in [-0.4, -0.2) is 19.9 Å². The molecule has 0 unspecified atom stereocenters. The maximum atomic E-state index is 12.9. The Morgan fingerprint density at radius 1 is 1.20 bits per heavy atom. The van der Waals surface area contributed by atoms with Crippen molar-refractivity contribution in [3.8, 4) is 0 Å². The molecule has 0 saturated carbocycles. The van der Waals surface area contributed by atoms with Crippen molar-refractivity contribution >= 4 is 15.7 Å². The van der Waals surface area contributed by atoms with Crippen molar-refractivity contribution in [1.29, 1.82) is 0 Å². The van der Waals surface area contributed by atoms with Gasteiger partial charge in [-0.25, -0.2) is 12.8 Å². The van der Waals surface area contributed by atoms with Crippen LogP contribution in [0.2, 0.25) is 0 Å². The Hall–Kier alpha value is -2.15. The fourth-order valence-corrected chi connectivity index (χ4v) is 3.34. The van der Waals surface area contributed by atoms with Gasteiger partial charge in [-0.15, -0.1) is 0 Å². The normalized spacial score (nSPS) is 11.3. The average molecular weight is 296 g/mol. The smallest absolute Gasteiger partial charge is 0.269 e. The van der Waals surface area contributed by atoms with E-state index in [0.29, 0.717) is 5.69 Å². The molecular formula is C13H13FN2O3S. The molecule has 0 aliphatic heterocycles. The number of sulfonamides is 1. The second kappa shape index (κ2) is 5.46. The first kappa shape index (κ1) is 14.3. The molecule has 1 aromatic heterocycles. The molecule has 0 amide bonds. The van der Waals surface area contributed by atoms with Gasteiger partial charge in [0.25, 0.3) is 10.0 Å². The zero-order valence-corrected chi connectivity index (χ0v) is 11.5. The summed E-state index contributed by atoms with van der Waals surface area (Å²) in [6.45, 7) is 1.76. The molecular weight excluding hydrogens is 283 g/mol. The largest absolute Gasteiger partial charge is 0.366 e. The highest BCUT2D eigenvalue weighted by Gasteiger charge is 2.26. The highest BCUT2D eigenvalue weighted by Crippen LogP contribution is 2.21. The summed E-state index contributed by atoms with van der Waals surface area (Å²) < 4.78 is 38.9. The second-order valence-corrected chi connectivity index (χ2v) is 5.85. The molecule has 2 rings (SSSR count). The highest BCUT2D eigenvalue weighted by atomic mass is 32.2. The number of anilines is 1. The summed E-state index contributed by atoms with van der Waals surface area (Å²) in [4.78, 5) is 13.9. The quantitative estimate of drug-likeness (QED) is 0.934. The van der Waals surface area contributed by atoms with Gasteiger partial charge in [0.15, 0.2) is 4.90 Å².